The molecule has 200 valence electrons. The van der Waals surface area contributed by atoms with Crippen LogP contribution in [0.15, 0.2) is 36.5 Å². The van der Waals surface area contributed by atoms with E-state index < -0.39 is 52.2 Å². The smallest absolute Gasteiger partial charge is 0.340 e. The van der Waals surface area contributed by atoms with E-state index in [0.717, 1.165) is 12.8 Å². The van der Waals surface area contributed by atoms with Crippen LogP contribution in [0, 0.1) is 0 Å². The fraction of sp³-hybridized carbons (Fsp3) is 0.429. The number of nitrogens with zero attached hydrogens (tertiary/aromatic N) is 3. The van der Waals surface area contributed by atoms with E-state index in [1.165, 1.54) is 22.0 Å². The first kappa shape index (κ1) is 26.7. The van der Waals surface area contributed by atoms with Gasteiger partial charge in [-0.2, -0.15) is 5.10 Å². The summed E-state index contributed by atoms with van der Waals surface area (Å²) in [7, 11) is -9.50. The molecule has 1 aliphatic heterocycles. The van der Waals surface area contributed by atoms with Crippen molar-refractivity contribution in [1.82, 2.24) is 14.8 Å². The van der Waals surface area contributed by atoms with Crippen LogP contribution in [-0.4, -0.2) is 70.5 Å². The zero-order chi connectivity index (χ0) is 26.5. The molecule has 2 aromatic heterocycles. The van der Waals surface area contributed by atoms with Crippen molar-refractivity contribution in [2.24, 2.45) is 0 Å². The number of hydrogen-bond acceptors (Lipinski definition) is 9. The van der Waals surface area contributed by atoms with Crippen molar-refractivity contribution in [3.8, 4) is 0 Å². The monoisotopic (exact) mass is 574 g/mol. The molecule has 1 fully saturated rings. The second kappa shape index (κ2) is 10.0. The van der Waals surface area contributed by atoms with Crippen LogP contribution in [-0.2, 0) is 24.8 Å². The largest absolute Gasteiger partial charge is 0.387 e. The molecule has 6 atom stereocenters. The third kappa shape index (κ3) is 5.62. The molecule has 0 amide bonds. The van der Waals surface area contributed by atoms with Crippen LogP contribution < -0.4 is 5.32 Å². The molecule has 1 aromatic carbocycles. The van der Waals surface area contributed by atoms with E-state index in [4.69, 9.17) is 30.6 Å². The van der Waals surface area contributed by atoms with Gasteiger partial charge in [0.05, 0.1) is 29.9 Å². The molecule has 1 aliphatic carbocycles. The standard InChI is InChI=1S/C21H25ClN4O9P2/c22-17-7-15(24-14-6-5-11-3-1-2-4-12(11)14)13-8-23-26(20(13)25-17)21-19(28)18(27)16(35-21)9-34-37(32,33)10-36(29,30)31/h1-4,7-8,14,16,18-19,21,27-28H,5-6,9-10H2,(H,24,25)(H,32,33)(H2,29,30,31)/t14-,16+,18-,19?,21+/m0/s1. The second-order valence-electron chi connectivity index (χ2n) is 9.04. The predicted molar refractivity (Wildman–Crippen MR) is 132 cm³/mol. The Kier molecular flexibility index (Phi) is 7.23. The van der Waals surface area contributed by atoms with Crippen LogP contribution in [0.1, 0.15) is 29.8 Å². The van der Waals surface area contributed by atoms with Crippen LogP contribution in [0.2, 0.25) is 5.15 Å². The Morgan fingerprint density at radius 3 is 2.70 bits per heavy atom. The number of benzene rings is 1. The quantitative estimate of drug-likeness (QED) is 0.170. The van der Waals surface area contributed by atoms with Crippen LogP contribution in [0.5, 0.6) is 0 Å². The first-order valence-electron chi connectivity index (χ1n) is 11.3. The van der Waals surface area contributed by atoms with Crippen molar-refractivity contribution < 1.29 is 43.3 Å². The summed E-state index contributed by atoms with van der Waals surface area (Å²) in [6, 6.07) is 9.88. The Labute approximate surface area is 215 Å². The first-order chi connectivity index (χ1) is 17.4. The molecule has 5 rings (SSSR count). The molecule has 0 radical (unpaired) electrons. The van der Waals surface area contributed by atoms with E-state index in [0.29, 0.717) is 11.1 Å². The third-order valence-electron chi connectivity index (χ3n) is 6.38. The van der Waals surface area contributed by atoms with Crippen LogP contribution in [0.25, 0.3) is 11.0 Å². The summed E-state index contributed by atoms with van der Waals surface area (Å²) in [6.07, 6.45) is -2.25. The minimum absolute atomic E-state index is 0.0557. The number of rotatable bonds is 8. The fourth-order valence-corrected chi connectivity index (χ4v) is 7.48. The van der Waals surface area contributed by atoms with Crippen molar-refractivity contribution in [1.29, 1.82) is 0 Å². The van der Waals surface area contributed by atoms with Gasteiger partial charge in [0.25, 0.3) is 0 Å². The highest BCUT2D eigenvalue weighted by Crippen LogP contribution is 2.55. The lowest BCUT2D eigenvalue weighted by Crippen LogP contribution is -2.33. The number of ether oxygens (including phenoxy) is 1. The zero-order valence-electron chi connectivity index (χ0n) is 19.2. The van der Waals surface area contributed by atoms with Crippen LogP contribution in [0.3, 0.4) is 0 Å². The summed E-state index contributed by atoms with van der Waals surface area (Å²) >= 11 is 6.30. The Balaban J connectivity index is 1.37. The Bertz CT molecular complexity index is 1420. The maximum atomic E-state index is 11.9. The molecular formula is C21H25ClN4O9P2. The number of nitrogens with one attached hydrogen (secondary N) is 1. The number of fused-ring (bicyclic) bond motifs is 2. The van der Waals surface area contributed by atoms with E-state index in [9.17, 15) is 24.2 Å². The minimum Gasteiger partial charge on any atom is -0.387 e. The number of pyridine rings is 1. The number of anilines is 1. The van der Waals surface area contributed by atoms with Gasteiger partial charge in [-0.15, -0.1) is 0 Å². The summed E-state index contributed by atoms with van der Waals surface area (Å²) < 4.78 is 34.7. The third-order valence-corrected chi connectivity index (χ3v) is 10.0. The SMILES string of the molecule is O=P(O)(O)CP(=O)(O)OC[C@H]1O[C@@H](n2ncc3c(N[C@H]4CCc5ccccc54)cc(Cl)nc32)C(O)[C@H]1O. The van der Waals surface area contributed by atoms with Gasteiger partial charge in [0.1, 0.15) is 23.5 Å². The molecule has 6 N–H and O–H groups in total. The molecule has 1 saturated heterocycles. The highest BCUT2D eigenvalue weighted by Gasteiger charge is 2.46. The van der Waals surface area contributed by atoms with Crippen LogP contribution >= 0.6 is 26.8 Å². The van der Waals surface area contributed by atoms with Gasteiger partial charge in [0.15, 0.2) is 17.8 Å². The summed E-state index contributed by atoms with van der Waals surface area (Å²) in [5, 5.41) is 29.6. The summed E-state index contributed by atoms with van der Waals surface area (Å²) in [5.74, 6) is -1.39. The molecule has 3 heterocycles. The van der Waals surface area contributed by atoms with Crippen molar-refractivity contribution in [3.63, 3.8) is 0 Å². The van der Waals surface area contributed by atoms with Gasteiger partial charge < -0.3 is 39.5 Å². The average Bonchev–Trinajstić information content (AvgIpc) is 3.48. The number of aliphatic hydroxyl groups excluding tert-OH is 2. The van der Waals surface area contributed by atoms with E-state index in [-0.39, 0.29) is 16.8 Å². The van der Waals surface area contributed by atoms with Gasteiger partial charge in [-0.3, -0.25) is 9.13 Å². The van der Waals surface area contributed by atoms with Crippen LogP contribution in [0.4, 0.5) is 5.69 Å². The molecule has 2 aliphatic rings. The van der Waals surface area contributed by atoms with Crippen molar-refractivity contribution in [3.05, 3.63) is 52.8 Å². The molecule has 0 saturated carbocycles. The maximum absolute atomic E-state index is 11.9. The van der Waals surface area contributed by atoms with E-state index in [2.05, 4.69) is 27.5 Å². The molecule has 13 nitrogen and oxygen atoms in total. The lowest BCUT2D eigenvalue weighted by atomic mass is 10.1. The van der Waals surface area contributed by atoms with Gasteiger partial charge in [0, 0.05) is 0 Å². The topological polar surface area (TPSA) is 196 Å². The number of aryl methyl sites for hydroxylation is 1. The van der Waals surface area contributed by atoms with Crippen molar-refractivity contribution in [2.75, 3.05) is 17.8 Å². The van der Waals surface area contributed by atoms with Crippen molar-refractivity contribution >= 4 is 43.5 Å². The number of aromatic nitrogens is 3. The normalized spacial score (nSPS) is 27.4. The van der Waals surface area contributed by atoms with Gasteiger partial charge >= 0.3 is 15.2 Å². The molecular weight excluding hydrogens is 550 g/mol. The highest BCUT2D eigenvalue weighted by atomic mass is 35.5. The van der Waals surface area contributed by atoms with E-state index in [1.54, 1.807) is 6.07 Å². The summed E-state index contributed by atoms with van der Waals surface area (Å²) in [5.41, 5.74) is 3.41. The van der Waals surface area contributed by atoms with E-state index >= 15 is 0 Å². The molecule has 16 heteroatoms. The lowest BCUT2D eigenvalue weighted by molar-refractivity contribution is -0.0541. The molecule has 37 heavy (non-hydrogen) atoms. The highest BCUT2D eigenvalue weighted by molar-refractivity contribution is 7.70. The average molecular weight is 575 g/mol. The maximum Gasteiger partial charge on any atom is 0.340 e. The fourth-order valence-electron chi connectivity index (χ4n) is 4.72. The Morgan fingerprint density at radius 1 is 1.19 bits per heavy atom. The van der Waals surface area contributed by atoms with Crippen molar-refractivity contribution in [2.45, 2.75) is 43.4 Å². The number of aliphatic hydroxyl groups is 2. The molecule has 0 spiro atoms. The summed E-state index contributed by atoms with van der Waals surface area (Å²) in [6.45, 7) is -0.705. The molecule has 2 unspecified atom stereocenters. The Morgan fingerprint density at radius 2 is 1.95 bits per heavy atom. The predicted octanol–water partition coefficient (Wildman–Crippen LogP) is 2.14. The van der Waals surface area contributed by atoms with Gasteiger partial charge in [-0.1, -0.05) is 35.9 Å². The minimum atomic E-state index is -4.83. The van der Waals surface area contributed by atoms with Gasteiger partial charge in [-0.25, -0.2) is 9.67 Å². The number of halogens is 1. The van der Waals surface area contributed by atoms with E-state index in [1.807, 2.05) is 12.1 Å². The lowest BCUT2D eigenvalue weighted by Gasteiger charge is -2.18. The Hall–Kier alpha value is -1.89. The first-order valence-corrected chi connectivity index (χ1v) is 15.3. The molecule has 3 aromatic rings. The second-order valence-corrected chi connectivity index (χ2v) is 13.4. The zero-order valence-corrected chi connectivity index (χ0v) is 21.7. The molecule has 0 bridgehead atoms. The number of hydrogen-bond donors (Lipinski definition) is 6. The summed E-state index contributed by atoms with van der Waals surface area (Å²) in [4.78, 5) is 31.9. The van der Waals surface area contributed by atoms with Gasteiger partial charge in [-0.05, 0) is 30.0 Å². The van der Waals surface area contributed by atoms with Gasteiger partial charge in [0.2, 0.25) is 0 Å².